The third-order valence-corrected chi connectivity index (χ3v) is 2.58. The number of benzene rings is 1. The van der Waals surface area contributed by atoms with E-state index in [0.29, 0.717) is 0 Å². The van der Waals surface area contributed by atoms with Crippen molar-refractivity contribution < 1.29 is 24.1 Å². The van der Waals surface area contributed by atoms with Crippen molar-refractivity contribution in [3.05, 3.63) is 35.4 Å². The molecule has 1 aromatic rings. The second kappa shape index (κ2) is 6.02. The van der Waals surface area contributed by atoms with Gasteiger partial charge in [-0.25, -0.2) is 8.78 Å². The van der Waals surface area contributed by atoms with Gasteiger partial charge < -0.3 is 20.6 Å². The normalized spacial score (nSPS) is 11.8. The van der Waals surface area contributed by atoms with Gasteiger partial charge in [0.15, 0.2) is 0 Å². The van der Waals surface area contributed by atoms with E-state index in [1.165, 1.54) is 6.07 Å². The van der Waals surface area contributed by atoms with E-state index in [0.717, 1.165) is 12.1 Å². The fourth-order valence-electron chi connectivity index (χ4n) is 1.27. The van der Waals surface area contributed by atoms with Gasteiger partial charge >= 0.3 is 0 Å². The van der Waals surface area contributed by atoms with Crippen molar-refractivity contribution in [1.29, 1.82) is 0 Å². The second-order valence-electron chi connectivity index (χ2n) is 3.84. The van der Waals surface area contributed by atoms with E-state index >= 15 is 0 Å². The zero-order chi connectivity index (χ0) is 12.9. The lowest BCUT2D eigenvalue weighted by Gasteiger charge is -2.28. The van der Waals surface area contributed by atoms with E-state index in [1.807, 2.05) is 0 Å². The predicted octanol–water partition coefficient (Wildman–Crippen LogP) is -0.230. The van der Waals surface area contributed by atoms with Crippen LogP contribution in [0.15, 0.2) is 18.2 Å². The molecule has 0 unspecified atom stereocenters. The van der Waals surface area contributed by atoms with Crippen LogP contribution in [0.4, 0.5) is 8.78 Å². The lowest BCUT2D eigenvalue weighted by atomic mass is 10.0. The average molecular weight is 247 g/mol. The number of nitrogens with one attached hydrogen (secondary N) is 1. The van der Waals surface area contributed by atoms with Gasteiger partial charge in [0.25, 0.3) is 0 Å². The van der Waals surface area contributed by atoms with Crippen LogP contribution in [0.2, 0.25) is 0 Å². The van der Waals surface area contributed by atoms with E-state index in [9.17, 15) is 8.78 Å². The number of aliphatic hydroxyl groups excluding tert-OH is 3. The van der Waals surface area contributed by atoms with E-state index in [1.54, 1.807) is 0 Å². The minimum atomic E-state index is -1.28. The Labute approximate surface area is 97.5 Å². The molecule has 0 bridgehead atoms. The molecule has 0 amide bonds. The highest BCUT2D eigenvalue weighted by molar-refractivity contribution is 5.18. The smallest absolute Gasteiger partial charge is 0.130 e. The monoisotopic (exact) mass is 247 g/mol. The highest BCUT2D eigenvalue weighted by Gasteiger charge is 2.27. The van der Waals surface area contributed by atoms with Gasteiger partial charge in [-0.2, -0.15) is 0 Å². The topological polar surface area (TPSA) is 72.7 Å². The van der Waals surface area contributed by atoms with E-state index in [2.05, 4.69) is 5.32 Å². The number of hydrogen-bond acceptors (Lipinski definition) is 4. The first-order chi connectivity index (χ1) is 8.06. The van der Waals surface area contributed by atoms with Crippen molar-refractivity contribution in [2.45, 2.75) is 12.1 Å². The Kier molecular flexibility index (Phi) is 4.95. The summed E-state index contributed by atoms with van der Waals surface area (Å²) >= 11 is 0. The molecule has 0 fully saturated rings. The van der Waals surface area contributed by atoms with E-state index in [-0.39, 0.29) is 12.1 Å². The molecular weight excluding hydrogens is 232 g/mol. The molecule has 0 atom stereocenters. The Hall–Kier alpha value is -1.08. The van der Waals surface area contributed by atoms with E-state index in [4.69, 9.17) is 15.3 Å². The largest absolute Gasteiger partial charge is 0.394 e. The molecular formula is C11H15F2NO3. The average Bonchev–Trinajstić information content (AvgIpc) is 2.33. The standard InChI is InChI=1S/C11H15F2NO3/c12-9-2-1-8(10(13)3-9)4-14-11(5-15,6-16)7-17/h1-3,14-17H,4-7H2. The molecule has 0 aliphatic carbocycles. The van der Waals surface area contributed by atoms with Gasteiger partial charge in [-0.1, -0.05) is 6.07 Å². The molecule has 0 saturated carbocycles. The molecule has 0 spiro atoms. The first-order valence-corrected chi connectivity index (χ1v) is 5.08. The molecule has 17 heavy (non-hydrogen) atoms. The summed E-state index contributed by atoms with van der Waals surface area (Å²) in [4.78, 5) is 0. The summed E-state index contributed by atoms with van der Waals surface area (Å²) in [6.45, 7) is -1.53. The summed E-state index contributed by atoms with van der Waals surface area (Å²) in [5, 5.41) is 29.7. The molecule has 0 aliphatic heterocycles. The van der Waals surface area contributed by atoms with Crippen molar-refractivity contribution in [3.8, 4) is 0 Å². The quantitative estimate of drug-likeness (QED) is 0.560. The molecule has 0 aliphatic rings. The first kappa shape index (κ1) is 14.0. The Morgan fingerprint density at radius 3 is 2.12 bits per heavy atom. The van der Waals surface area contributed by atoms with Crippen LogP contribution in [0.25, 0.3) is 0 Å². The zero-order valence-electron chi connectivity index (χ0n) is 9.16. The highest BCUT2D eigenvalue weighted by atomic mass is 19.1. The van der Waals surface area contributed by atoms with Crippen LogP contribution < -0.4 is 5.32 Å². The van der Waals surface area contributed by atoms with Crippen molar-refractivity contribution in [2.75, 3.05) is 19.8 Å². The Balaban J connectivity index is 2.72. The first-order valence-electron chi connectivity index (χ1n) is 5.08. The van der Waals surface area contributed by atoms with Crippen LogP contribution in [-0.2, 0) is 6.54 Å². The third-order valence-electron chi connectivity index (χ3n) is 2.58. The van der Waals surface area contributed by atoms with Crippen LogP contribution in [0.5, 0.6) is 0 Å². The van der Waals surface area contributed by atoms with Crippen molar-refractivity contribution in [3.63, 3.8) is 0 Å². The summed E-state index contributed by atoms with van der Waals surface area (Å²) < 4.78 is 25.9. The van der Waals surface area contributed by atoms with Crippen LogP contribution in [0.1, 0.15) is 5.56 Å². The van der Waals surface area contributed by atoms with Gasteiger partial charge in [0, 0.05) is 18.2 Å². The number of hydrogen-bond donors (Lipinski definition) is 4. The third kappa shape index (κ3) is 3.44. The lowest BCUT2D eigenvalue weighted by molar-refractivity contribution is 0.0412. The summed E-state index contributed by atoms with van der Waals surface area (Å²) in [7, 11) is 0. The minimum Gasteiger partial charge on any atom is -0.394 e. The molecule has 1 rings (SSSR count). The molecule has 1 aromatic carbocycles. The fraction of sp³-hybridized carbons (Fsp3) is 0.455. The Morgan fingerprint density at radius 1 is 1.06 bits per heavy atom. The maximum Gasteiger partial charge on any atom is 0.130 e. The van der Waals surface area contributed by atoms with Gasteiger partial charge in [0.1, 0.15) is 11.6 Å². The molecule has 0 saturated heterocycles. The van der Waals surface area contributed by atoms with Crippen LogP contribution in [0.3, 0.4) is 0 Å². The summed E-state index contributed by atoms with van der Waals surface area (Å²) in [5.74, 6) is -1.40. The number of aliphatic hydroxyl groups is 3. The summed E-state index contributed by atoms with van der Waals surface area (Å²) in [6, 6.07) is 3.11. The molecule has 96 valence electrons. The summed E-state index contributed by atoms with van der Waals surface area (Å²) in [5.41, 5.74) is -1.09. The van der Waals surface area contributed by atoms with E-state index < -0.39 is 37.0 Å². The fourth-order valence-corrected chi connectivity index (χ4v) is 1.27. The van der Waals surface area contributed by atoms with Gasteiger partial charge in [0.2, 0.25) is 0 Å². The van der Waals surface area contributed by atoms with Crippen LogP contribution in [0, 0.1) is 11.6 Å². The molecule has 4 nitrogen and oxygen atoms in total. The Bertz CT molecular complexity index is 361. The molecule has 0 radical (unpaired) electrons. The zero-order valence-corrected chi connectivity index (χ0v) is 9.16. The summed E-state index contributed by atoms with van der Waals surface area (Å²) in [6.07, 6.45) is 0. The molecule has 4 N–H and O–H groups in total. The van der Waals surface area contributed by atoms with Crippen molar-refractivity contribution in [1.82, 2.24) is 5.32 Å². The SMILES string of the molecule is OCC(CO)(CO)NCc1ccc(F)cc1F. The second-order valence-corrected chi connectivity index (χ2v) is 3.84. The lowest BCUT2D eigenvalue weighted by Crippen LogP contribution is -2.54. The molecule has 0 aromatic heterocycles. The molecule has 6 heteroatoms. The van der Waals surface area contributed by atoms with Gasteiger partial charge in [-0.3, -0.25) is 0 Å². The van der Waals surface area contributed by atoms with Gasteiger partial charge in [-0.15, -0.1) is 0 Å². The Morgan fingerprint density at radius 2 is 1.65 bits per heavy atom. The van der Waals surface area contributed by atoms with Gasteiger partial charge in [0.05, 0.1) is 25.4 Å². The highest BCUT2D eigenvalue weighted by Crippen LogP contribution is 2.11. The minimum absolute atomic E-state index is 0.0339. The maximum absolute atomic E-state index is 13.3. The van der Waals surface area contributed by atoms with Gasteiger partial charge in [-0.05, 0) is 6.07 Å². The molecule has 0 heterocycles. The maximum atomic E-state index is 13.3. The predicted molar refractivity (Wildman–Crippen MR) is 57.2 cm³/mol. The van der Waals surface area contributed by atoms with Crippen molar-refractivity contribution in [2.24, 2.45) is 0 Å². The number of rotatable bonds is 6. The van der Waals surface area contributed by atoms with Crippen LogP contribution in [-0.4, -0.2) is 40.7 Å². The van der Waals surface area contributed by atoms with Crippen molar-refractivity contribution >= 4 is 0 Å². The number of halogens is 2. The van der Waals surface area contributed by atoms with Crippen LogP contribution >= 0.6 is 0 Å².